The van der Waals surface area contributed by atoms with Crippen LogP contribution < -0.4 is 0 Å². The fraction of sp³-hybridized carbons (Fsp3) is 0.0625. The minimum Gasteiger partial charge on any atom is -0.507 e. The maximum absolute atomic E-state index is 11.3. The van der Waals surface area contributed by atoms with Crippen LogP contribution in [0.25, 0.3) is 12.2 Å². The van der Waals surface area contributed by atoms with Crippen molar-refractivity contribution in [2.24, 2.45) is 0 Å². The van der Waals surface area contributed by atoms with Gasteiger partial charge in [0.2, 0.25) is 0 Å². The van der Waals surface area contributed by atoms with Crippen molar-refractivity contribution in [3.63, 3.8) is 0 Å². The van der Waals surface area contributed by atoms with Gasteiger partial charge in [0.25, 0.3) is 0 Å². The average molecular weight is 238 g/mol. The number of carbonyl (C=O) groups excluding carboxylic acids is 1. The van der Waals surface area contributed by atoms with E-state index < -0.39 is 0 Å². The van der Waals surface area contributed by atoms with Crippen LogP contribution in [0.15, 0.2) is 48.5 Å². The number of benzene rings is 2. The van der Waals surface area contributed by atoms with Crippen molar-refractivity contribution >= 4 is 17.9 Å². The average Bonchev–Trinajstić information content (AvgIpc) is 2.38. The van der Waals surface area contributed by atoms with Crippen molar-refractivity contribution < 1.29 is 9.90 Å². The first-order valence-corrected chi connectivity index (χ1v) is 5.74. The summed E-state index contributed by atoms with van der Waals surface area (Å²) in [6, 6.07) is 14.7. The molecule has 2 nitrogen and oxygen atoms in total. The fourth-order valence-electron chi connectivity index (χ4n) is 1.66. The van der Waals surface area contributed by atoms with E-state index in [4.69, 9.17) is 0 Å². The highest BCUT2D eigenvalue weighted by atomic mass is 16.3. The van der Waals surface area contributed by atoms with Crippen LogP contribution in [0.2, 0.25) is 0 Å². The van der Waals surface area contributed by atoms with Gasteiger partial charge in [0, 0.05) is 11.1 Å². The number of carbonyl (C=O) groups is 1. The molecule has 2 aromatic carbocycles. The van der Waals surface area contributed by atoms with Gasteiger partial charge in [-0.05, 0) is 30.7 Å². The first kappa shape index (κ1) is 12.1. The quantitative estimate of drug-likeness (QED) is 0.653. The molecule has 0 aliphatic rings. The van der Waals surface area contributed by atoms with Crippen LogP contribution in [-0.4, -0.2) is 10.9 Å². The number of hydrogen-bond donors (Lipinski definition) is 1. The number of rotatable bonds is 3. The highest BCUT2D eigenvalue weighted by molar-refractivity contribution is 5.95. The first-order chi connectivity index (χ1) is 8.66. The van der Waals surface area contributed by atoms with E-state index in [2.05, 4.69) is 0 Å². The molecule has 0 radical (unpaired) electrons. The third kappa shape index (κ3) is 2.86. The number of hydrogen-bond acceptors (Lipinski definition) is 2. The van der Waals surface area contributed by atoms with Crippen LogP contribution >= 0.6 is 0 Å². The molecule has 0 aliphatic carbocycles. The van der Waals surface area contributed by atoms with E-state index >= 15 is 0 Å². The third-order valence-electron chi connectivity index (χ3n) is 2.69. The van der Waals surface area contributed by atoms with Crippen LogP contribution in [-0.2, 0) is 0 Å². The molecule has 0 heterocycles. The molecule has 0 unspecified atom stereocenters. The lowest BCUT2D eigenvalue weighted by Crippen LogP contribution is -1.91. The fourth-order valence-corrected chi connectivity index (χ4v) is 1.66. The number of aromatic hydroxyl groups is 1. The topological polar surface area (TPSA) is 37.3 Å². The van der Waals surface area contributed by atoms with E-state index in [0.717, 1.165) is 5.56 Å². The Labute approximate surface area is 106 Å². The summed E-state index contributed by atoms with van der Waals surface area (Å²) in [5.41, 5.74) is 2.29. The minimum absolute atomic E-state index is 0.00985. The zero-order chi connectivity index (χ0) is 13.0. The van der Waals surface area contributed by atoms with Gasteiger partial charge < -0.3 is 5.11 Å². The van der Waals surface area contributed by atoms with Crippen molar-refractivity contribution in [1.29, 1.82) is 0 Å². The lowest BCUT2D eigenvalue weighted by molar-refractivity contribution is 0.101. The molecular formula is C16H14O2. The van der Waals surface area contributed by atoms with Gasteiger partial charge in [-0.1, -0.05) is 42.5 Å². The summed E-state index contributed by atoms with van der Waals surface area (Å²) in [6.45, 7) is 1.51. The Morgan fingerprint density at radius 2 is 1.78 bits per heavy atom. The summed E-state index contributed by atoms with van der Waals surface area (Å²) in [6.07, 6.45) is 3.70. The van der Waals surface area contributed by atoms with E-state index in [1.54, 1.807) is 24.3 Å². The summed E-state index contributed by atoms with van der Waals surface area (Å²) in [4.78, 5) is 11.3. The summed E-state index contributed by atoms with van der Waals surface area (Å²) in [5, 5.41) is 9.73. The van der Waals surface area contributed by atoms with Crippen LogP contribution in [0.1, 0.15) is 28.4 Å². The van der Waals surface area contributed by atoms with Crippen LogP contribution in [0, 0.1) is 0 Å². The summed E-state index contributed by atoms with van der Waals surface area (Å²) in [5.74, 6) is 0.163. The molecule has 0 spiro atoms. The van der Waals surface area contributed by atoms with Crippen LogP contribution in [0.3, 0.4) is 0 Å². The Hall–Kier alpha value is -2.35. The number of Topliss-reactive ketones (excluding diaryl/α,β-unsaturated/α-hetero) is 1. The first-order valence-electron chi connectivity index (χ1n) is 5.74. The van der Waals surface area contributed by atoms with E-state index in [9.17, 15) is 9.90 Å². The normalized spacial score (nSPS) is 10.7. The molecule has 0 atom stereocenters. The molecule has 18 heavy (non-hydrogen) atoms. The molecule has 0 saturated carbocycles. The second kappa shape index (κ2) is 5.32. The molecule has 0 aromatic heterocycles. The van der Waals surface area contributed by atoms with Gasteiger partial charge in [-0.15, -0.1) is 0 Å². The molecule has 0 amide bonds. The molecule has 0 fully saturated rings. The zero-order valence-corrected chi connectivity index (χ0v) is 10.1. The monoisotopic (exact) mass is 238 g/mol. The van der Waals surface area contributed by atoms with Crippen molar-refractivity contribution in [3.8, 4) is 5.75 Å². The maximum atomic E-state index is 11.3. The van der Waals surface area contributed by atoms with E-state index in [-0.39, 0.29) is 11.5 Å². The zero-order valence-electron chi connectivity index (χ0n) is 10.1. The molecule has 2 rings (SSSR count). The second-order valence-electron chi connectivity index (χ2n) is 4.07. The van der Waals surface area contributed by atoms with Gasteiger partial charge in [-0.2, -0.15) is 0 Å². The Bertz CT molecular complexity index is 583. The Morgan fingerprint density at radius 3 is 2.44 bits per heavy atom. The van der Waals surface area contributed by atoms with E-state index in [1.165, 1.54) is 6.92 Å². The molecule has 1 N–H and O–H groups in total. The van der Waals surface area contributed by atoms with Crippen molar-refractivity contribution in [2.45, 2.75) is 6.92 Å². The number of phenols is 1. The minimum atomic E-state index is -0.00985. The van der Waals surface area contributed by atoms with E-state index in [0.29, 0.717) is 11.1 Å². The van der Waals surface area contributed by atoms with Crippen LogP contribution in [0.5, 0.6) is 5.75 Å². The lowest BCUT2D eigenvalue weighted by atomic mass is 10.1. The van der Waals surface area contributed by atoms with Gasteiger partial charge in [-0.25, -0.2) is 0 Å². The highest BCUT2D eigenvalue weighted by Gasteiger charge is 2.03. The summed E-state index contributed by atoms with van der Waals surface area (Å²) >= 11 is 0. The standard InChI is InChI=1S/C16H14O2/c1-12(17)14-9-10-16(18)15(11-14)8-7-13-5-3-2-4-6-13/h2-11,18H,1H3/b8-7+. The Balaban J connectivity index is 2.31. The van der Waals surface area contributed by atoms with Crippen molar-refractivity contribution in [3.05, 3.63) is 65.2 Å². The summed E-state index contributed by atoms with van der Waals surface area (Å²) in [7, 11) is 0. The van der Waals surface area contributed by atoms with E-state index in [1.807, 2.05) is 36.4 Å². The predicted molar refractivity (Wildman–Crippen MR) is 73.5 cm³/mol. The second-order valence-corrected chi connectivity index (χ2v) is 4.07. The molecule has 0 saturated heterocycles. The molecule has 0 aliphatic heterocycles. The van der Waals surface area contributed by atoms with Gasteiger partial charge in [0.15, 0.2) is 5.78 Å². The number of ketones is 1. The van der Waals surface area contributed by atoms with Gasteiger partial charge >= 0.3 is 0 Å². The Morgan fingerprint density at radius 1 is 1.06 bits per heavy atom. The summed E-state index contributed by atoms with van der Waals surface area (Å²) < 4.78 is 0. The molecule has 90 valence electrons. The molecule has 2 heteroatoms. The largest absolute Gasteiger partial charge is 0.507 e. The highest BCUT2D eigenvalue weighted by Crippen LogP contribution is 2.21. The SMILES string of the molecule is CC(=O)c1ccc(O)c(/C=C/c2ccccc2)c1. The van der Waals surface area contributed by atoms with Gasteiger partial charge in [0.05, 0.1) is 0 Å². The molecular weight excluding hydrogens is 224 g/mol. The van der Waals surface area contributed by atoms with Crippen molar-refractivity contribution in [2.75, 3.05) is 0 Å². The Kier molecular flexibility index (Phi) is 3.58. The number of phenolic OH excluding ortho intramolecular Hbond substituents is 1. The third-order valence-corrected chi connectivity index (χ3v) is 2.69. The smallest absolute Gasteiger partial charge is 0.159 e. The molecule has 0 bridgehead atoms. The van der Waals surface area contributed by atoms with Crippen LogP contribution in [0.4, 0.5) is 0 Å². The van der Waals surface area contributed by atoms with Gasteiger partial charge in [0.1, 0.15) is 5.75 Å². The molecule has 2 aromatic rings. The van der Waals surface area contributed by atoms with Crippen molar-refractivity contribution in [1.82, 2.24) is 0 Å². The lowest BCUT2D eigenvalue weighted by Gasteiger charge is -2.01. The maximum Gasteiger partial charge on any atom is 0.159 e. The predicted octanol–water partition coefficient (Wildman–Crippen LogP) is 3.77. The van der Waals surface area contributed by atoms with Gasteiger partial charge in [-0.3, -0.25) is 4.79 Å².